The number of ether oxygens (including phenoxy) is 2. The van der Waals surface area contributed by atoms with Gasteiger partial charge in [-0.3, -0.25) is 0 Å². The van der Waals surface area contributed by atoms with Crippen molar-refractivity contribution in [2.45, 2.75) is 19.8 Å². The average molecular weight is 234 g/mol. The zero-order chi connectivity index (χ0) is 12.8. The summed E-state index contributed by atoms with van der Waals surface area (Å²) in [6, 6.07) is 7.58. The summed E-state index contributed by atoms with van der Waals surface area (Å²) in [7, 11) is 1.62. The van der Waals surface area contributed by atoms with Gasteiger partial charge in [0.2, 0.25) is 0 Å². The Balaban J connectivity index is 2.77. The Morgan fingerprint density at radius 2 is 1.94 bits per heavy atom. The van der Waals surface area contributed by atoms with E-state index in [0.29, 0.717) is 12.2 Å². The van der Waals surface area contributed by atoms with Gasteiger partial charge in [0, 0.05) is 11.5 Å². The molecule has 0 heterocycles. The van der Waals surface area contributed by atoms with Crippen LogP contribution in [-0.4, -0.2) is 19.7 Å². The molecule has 3 nitrogen and oxygen atoms in total. The monoisotopic (exact) mass is 234 g/mol. The molecule has 0 bridgehead atoms. The molecule has 0 spiro atoms. The first-order valence-electron chi connectivity index (χ1n) is 5.60. The Labute approximate surface area is 102 Å². The highest BCUT2D eigenvalue weighted by atomic mass is 16.5. The predicted molar refractivity (Wildman–Crippen MR) is 67.2 cm³/mol. The summed E-state index contributed by atoms with van der Waals surface area (Å²) in [6.45, 7) is 7.87. The predicted octanol–water partition coefficient (Wildman–Crippen LogP) is 2.92. The molecule has 0 aromatic heterocycles. The fourth-order valence-electron chi connectivity index (χ4n) is 1.49. The first kappa shape index (κ1) is 13.3. The molecule has 3 heteroatoms. The molecule has 0 N–H and O–H groups in total. The maximum absolute atomic E-state index is 11.5. The van der Waals surface area contributed by atoms with Crippen LogP contribution >= 0.6 is 0 Å². The number of carbonyl (C=O) groups is 1. The number of rotatable bonds is 5. The van der Waals surface area contributed by atoms with Crippen molar-refractivity contribution in [1.82, 2.24) is 0 Å². The summed E-state index contributed by atoms with van der Waals surface area (Å²) in [6.07, 6.45) is 0. The lowest BCUT2D eigenvalue weighted by Crippen LogP contribution is -2.12. The minimum Gasteiger partial charge on any atom is -0.497 e. The largest absolute Gasteiger partial charge is 0.497 e. The standard InChI is InChI=1S/C14H18O3/c1-5-17-14(15)11(3)10(2)12-6-8-13(16-4)9-7-12/h6-10H,3,5H2,1-2,4H3. The van der Waals surface area contributed by atoms with Gasteiger partial charge in [0.05, 0.1) is 13.7 Å². The highest BCUT2D eigenvalue weighted by Gasteiger charge is 2.17. The summed E-state index contributed by atoms with van der Waals surface area (Å²) in [5.74, 6) is 0.401. The molecule has 0 saturated carbocycles. The highest BCUT2D eigenvalue weighted by molar-refractivity contribution is 5.89. The van der Waals surface area contributed by atoms with Gasteiger partial charge in [-0.25, -0.2) is 4.79 Å². The molecule has 1 atom stereocenters. The maximum atomic E-state index is 11.5. The molecular formula is C14H18O3. The third-order valence-corrected chi connectivity index (χ3v) is 2.68. The molecule has 0 fully saturated rings. The number of hydrogen-bond donors (Lipinski definition) is 0. The van der Waals surface area contributed by atoms with E-state index in [1.165, 1.54) is 0 Å². The second kappa shape index (κ2) is 6.09. The Hall–Kier alpha value is -1.77. The van der Waals surface area contributed by atoms with Crippen molar-refractivity contribution in [2.75, 3.05) is 13.7 Å². The molecule has 17 heavy (non-hydrogen) atoms. The van der Waals surface area contributed by atoms with Gasteiger partial charge in [-0.15, -0.1) is 0 Å². The first-order valence-corrected chi connectivity index (χ1v) is 5.60. The van der Waals surface area contributed by atoms with Crippen LogP contribution in [0.1, 0.15) is 25.3 Å². The van der Waals surface area contributed by atoms with Crippen LogP contribution in [0.15, 0.2) is 36.4 Å². The topological polar surface area (TPSA) is 35.5 Å². The lowest BCUT2D eigenvalue weighted by Gasteiger charge is -2.14. The van der Waals surface area contributed by atoms with Crippen LogP contribution in [0.4, 0.5) is 0 Å². The summed E-state index contributed by atoms with van der Waals surface area (Å²) in [5, 5.41) is 0. The summed E-state index contributed by atoms with van der Waals surface area (Å²) in [5.41, 5.74) is 1.49. The van der Waals surface area contributed by atoms with Crippen molar-refractivity contribution < 1.29 is 14.3 Å². The van der Waals surface area contributed by atoms with E-state index >= 15 is 0 Å². The molecule has 0 radical (unpaired) electrons. The number of benzene rings is 1. The van der Waals surface area contributed by atoms with Crippen LogP contribution < -0.4 is 4.74 Å². The van der Waals surface area contributed by atoms with Crippen molar-refractivity contribution in [3.8, 4) is 5.75 Å². The van der Waals surface area contributed by atoms with E-state index in [-0.39, 0.29) is 11.9 Å². The SMILES string of the molecule is C=C(C(=O)OCC)C(C)c1ccc(OC)cc1. The quantitative estimate of drug-likeness (QED) is 0.580. The van der Waals surface area contributed by atoms with Gasteiger partial charge in [0.25, 0.3) is 0 Å². The zero-order valence-electron chi connectivity index (χ0n) is 10.5. The lowest BCUT2D eigenvalue weighted by molar-refractivity contribution is -0.138. The van der Waals surface area contributed by atoms with Crippen LogP contribution in [0.2, 0.25) is 0 Å². The Kier molecular flexibility index (Phi) is 4.76. The minimum absolute atomic E-state index is 0.0556. The molecule has 0 saturated heterocycles. The van der Waals surface area contributed by atoms with Gasteiger partial charge in [0.15, 0.2) is 0 Å². The van der Waals surface area contributed by atoms with Crippen LogP contribution in [-0.2, 0) is 9.53 Å². The molecule has 0 aliphatic rings. The Bertz CT molecular complexity index is 392. The van der Waals surface area contributed by atoms with Crippen molar-refractivity contribution >= 4 is 5.97 Å². The van der Waals surface area contributed by atoms with Gasteiger partial charge >= 0.3 is 5.97 Å². The number of hydrogen-bond acceptors (Lipinski definition) is 3. The normalized spacial score (nSPS) is 11.7. The van der Waals surface area contributed by atoms with Crippen molar-refractivity contribution in [1.29, 1.82) is 0 Å². The summed E-state index contributed by atoms with van der Waals surface area (Å²) >= 11 is 0. The lowest BCUT2D eigenvalue weighted by atomic mass is 9.94. The molecule has 1 aromatic rings. The average Bonchev–Trinajstić information content (AvgIpc) is 2.37. The number of methoxy groups -OCH3 is 1. The number of esters is 1. The van der Waals surface area contributed by atoms with Crippen LogP contribution in [0.3, 0.4) is 0 Å². The van der Waals surface area contributed by atoms with E-state index in [4.69, 9.17) is 9.47 Å². The van der Waals surface area contributed by atoms with Crippen LogP contribution in [0, 0.1) is 0 Å². The Morgan fingerprint density at radius 3 is 2.41 bits per heavy atom. The fourth-order valence-corrected chi connectivity index (χ4v) is 1.49. The maximum Gasteiger partial charge on any atom is 0.334 e. The van der Waals surface area contributed by atoms with Crippen molar-refractivity contribution in [2.24, 2.45) is 0 Å². The molecule has 1 aromatic carbocycles. The molecule has 0 aliphatic heterocycles. The smallest absolute Gasteiger partial charge is 0.334 e. The fraction of sp³-hybridized carbons (Fsp3) is 0.357. The van der Waals surface area contributed by atoms with E-state index in [0.717, 1.165) is 11.3 Å². The van der Waals surface area contributed by atoms with Crippen molar-refractivity contribution in [3.05, 3.63) is 42.0 Å². The molecular weight excluding hydrogens is 216 g/mol. The van der Waals surface area contributed by atoms with Gasteiger partial charge in [-0.2, -0.15) is 0 Å². The molecule has 92 valence electrons. The minimum atomic E-state index is -0.337. The number of carbonyl (C=O) groups excluding carboxylic acids is 1. The molecule has 0 aliphatic carbocycles. The third kappa shape index (κ3) is 3.34. The van der Waals surface area contributed by atoms with E-state index in [2.05, 4.69) is 6.58 Å². The zero-order valence-corrected chi connectivity index (χ0v) is 10.5. The van der Waals surface area contributed by atoms with Gasteiger partial charge in [-0.1, -0.05) is 25.6 Å². The van der Waals surface area contributed by atoms with Gasteiger partial charge in [-0.05, 0) is 24.6 Å². The third-order valence-electron chi connectivity index (χ3n) is 2.68. The van der Waals surface area contributed by atoms with E-state index in [1.807, 2.05) is 31.2 Å². The van der Waals surface area contributed by atoms with E-state index < -0.39 is 0 Å². The van der Waals surface area contributed by atoms with E-state index in [9.17, 15) is 4.79 Å². The molecule has 1 unspecified atom stereocenters. The van der Waals surface area contributed by atoms with Crippen LogP contribution in [0.5, 0.6) is 5.75 Å². The molecule has 0 amide bonds. The van der Waals surface area contributed by atoms with Crippen molar-refractivity contribution in [3.63, 3.8) is 0 Å². The van der Waals surface area contributed by atoms with Gasteiger partial charge in [0.1, 0.15) is 5.75 Å². The summed E-state index contributed by atoms with van der Waals surface area (Å²) in [4.78, 5) is 11.5. The van der Waals surface area contributed by atoms with Crippen LogP contribution in [0.25, 0.3) is 0 Å². The Morgan fingerprint density at radius 1 is 1.35 bits per heavy atom. The first-order chi connectivity index (χ1) is 8.10. The van der Waals surface area contributed by atoms with E-state index in [1.54, 1.807) is 14.0 Å². The second-order valence-corrected chi connectivity index (χ2v) is 3.74. The molecule has 1 rings (SSSR count). The summed E-state index contributed by atoms with van der Waals surface area (Å²) < 4.78 is 10.0. The highest BCUT2D eigenvalue weighted by Crippen LogP contribution is 2.25. The van der Waals surface area contributed by atoms with Gasteiger partial charge < -0.3 is 9.47 Å². The second-order valence-electron chi connectivity index (χ2n) is 3.74.